The van der Waals surface area contributed by atoms with Gasteiger partial charge in [0.2, 0.25) is 5.91 Å². The number of carbonyl (C=O) groups excluding carboxylic acids is 1. The first kappa shape index (κ1) is 22.0. The number of hydrogen-bond acceptors (Lipinski definition) is 3. The summed E-state index contributed by atoms with van der Waals surface area (Å²) in [6.45, 7) is 5.16. The molecule has 1 amide bonds. The molecule has 3 aromatic rings. The van der Waals surface area contributed by atoms with Gasteiger partial charge in [-0.2, -0.15) is 0 Å². The van der Waals surface area contributed by atoms with Crippen molar-refractivity contribution in [2.24, 2.45) is 0 Å². The lowest BCUT2D eigenvalue weighted by atomic mass is 9.99. The van der Waals surface area contributed by atoms with Crippen molar-refractivity contribution in [3.63, 3.8) is 0 Å². The fraction of sp³-hybridized carbons (Fsp3) is 0.250. The molecule has 0 unspecified atom stereocenters. The number of nitrogens with zero attached hydrogens (tertiary/aromatic N) is 2. The highest BCUT2D eigenvalue weighted by atomic mass is 16.2. The number of benzene rings is 3. The normalized spacial score (nSPS) is 15.3. The lowest BCUT2D eigenvalue weighted by Crippen LogP contribution is -2.49. The van der Waals surface area contributed by atoms with Crippen LogP contribution in [0.25, 0.3) is 6.08 Å². The standard InChI is InChI=1S/C28H31N3O/c32-27(29-28(25-14-6-2-7-15-25)26-16-8-3-9-17-26)23-31-21-19-30(20-22-31)18-10-13-24-11-4-1-5-12-24/h1-17,28H,18-23H2,(H,29,32). The van der Waals surface area contributed by atoms with E-state index in [9.17, 15) is 4.79 Å². The molecule has 1 fully saturated rings. The van der Waals surface area contributed by atoms with E-state index in [1.807, 2.05) is 42.5 Å². The van der Waals surface area contributed by atoms with Gasteiger partial charge in [0.1, 0.15) is 0 Å². The Morgan fingerprint density at radius 1 is 0.750 bits per heavy atom. The summed E-state index contributed by atoms with van der Waals surface area (Å²) in [6.07, 6.45) is 4.40. The summed E-state index contributed by atoms with van der Waals surface area (Å²) < 4.78 is 0. The summed E-state index contributed by atoms with van der Waals surface area (Å²) in [7, 11) is 0. The number of piperazine rings is 1. The van der Waals surface area contributed by atoms with Crippen LogP contribution in [0, 0.1) is 0 Å². The van der Waals surface area contributed by atoms with Gasteiger partial charge in [0, 0.05) is 32.7 Å². The van der Waals surface area contributed by atoms with Gasteiger partial charge in [-0.25, -0.2) is 0 Å². The van der Waals surface area contributed by atoms with Crippen LogP contribution in [0.15, 0.2) is 97.1 Å². The van der Waals surface area contributed by atoms with E-state index < -0.39 is 0 Å². The van der Waals surface area contributed by atoms with Gasteiger partial charge in [-0.05, 0) is 16.7 Å². The van der Waals surface area contributed by atoms with Crippen LogP contribution in [0.3, 0.4) is 0 Å². The van der Waals surface area contributed by atoms with Gasteiger partial charge in [0.05, 0.1) is 12.6 Å². The fourth-order valence-electron chi connectivity index (χ4n) is 4.09. The molecule has 0 atom stereocenters. The van der Waals surface area contributed by atoms with Crippen molar-refractivity contribution in [2.45, 2.75) is 6.04 Å². The van der Waals surface area contributed by atoms with Gasteiger partial charge in [0.15, 0.2) is 0 Å². The molecule has 4 rings (SSSR count). The maximum absolute atomic E-state index is 12.9. The highest BCUT2D eigenvalue weighted by Gasteiger charge is 2.21. The van der Waals surface area contributed by atoms with E-state index in [-0.39, 0.29) is 11.9 Å². The van der Waals surface area contributed by atoms with Gasteiger partial charge >= 0.3 is 0 Å². The quantitative estimate of drug-likeness (QED) is 0.587. The van der Waals surface area contributed by atoms with Crippen molar-refractivity contribution in [1.29, 1.82) is 0 Å². The largest absolute Gasteiger partial charge is 0.344 e. The summed E-state index contributed by atoms with van der Waals surface area (Å²) in [5.74, 6) is 0.0696. The maximum Gasteiger partial charge on any atom is 0.234 e. The highest BCUT2D eigenvalue weighted by molar-refractivity contribution is 5.79. The van der Waals surface area contributed by atoms with Crippen LogP contribution in [0.1, 0.15) is 22.7 Å². The van der Waals surface area contributed by atoms with Gasteiger partial charge < -0.3 is 5.32 Å². The molecule has 32 heavy (non-hydrogen) atoms. The first-order valence-corrected chi connectivity index (χ1v) is 11.3. The number of rotatable bonds is 8. The molecule has 1 saturated heterocycles. The first-order chi connectivity index (χ1) is 15.8. The highest BCUT2D eigenvalue weighted by Crippen LogP contribution is 2.21. The number of carbonyl (C=O) groups is 1. The van der Waals surface area contributed by atoms with E-state index in [1.54, 1.807) is 0 Å². The van der Waals surface area contributed by atoms with Crippen molar-refractivity contribution >= 4 is 12.0 Å². The van der Waals surface area contributed by atoms with Crippen LogP contribution in [-0.4, -0.2) is 55.0 Å². The predicted molar refractivity (Wildman–Crippen MR) is 131 cm³/mol. The van der Waals surface area contributed by atoms with Crippen molar-refractivity contribution in [1.82, 2.24) is 15.1 Å². The third-order valence-electron chi connectivity index (χ3n) is 5.88. The van der Waals surface area contributed by atoms with E-state index >= 15 is 0 Å². The lowest BCUT2D eigenvalue weighted by Gasteiger charge is -2.34. The Morgan fingerprint density at radius 2 is 1.25 bits per heavy atom. The van der Waals surface area contributed by atoms with Crippen LogP contribution in [0.2, 0.25) is 0 Å². The van der Waals surface area contributed by atoms with Crippen molar-refractivity contribution < 1.29 is 4.79 Å². The minimum atomic E-state index is -0.130. The summed E-state index contributed by atoms with van der Waals surface area (Å²) in [5, 5.41) is 3.26. The van der Waals surface area contributed by atoms with E-state index in [1.165, 1.54) is 5.56 Å². The first-order valence-electron chi connectivity index (χ1n) is 11.3. The second-order valence-corrected chi connectivity index (χ2v) is 8.21. The molecule has 4 heteroatoms. The number of hydrogen-bond donors (Lipinski definition) is 1. The summed E-state index contributed by atoms with van der Waals surface area (Å²) in [4.78, 5) is 17.6. The zero-order valence-corrected chi connectivity index (χ0v) is 18.4. The Bertz CT molecular complexity index is 941. The van der Waals surface area contributed by atoms with Crippen LogP contribution < -0.4 is 5.32 Å². The molecular weight excluding hydrogens is 394 g/mol. The Kier molecular flexibility index (Phi) is 7.85. The van der Waals surface area contributed by atoms with E-state index in [2.05, 4.69) is 75.8 Å². The molecule has 0 aliphatic carbocycles. The summed E-state index contributed by atoms with van der Waals surface area (Å²) in [6, 6.07) is 30.6. The number of amides is 1. The Hall–Kier alpha value is -3.21. The molecule has 164 valence electrons. The van der Waals surface area contributed by atoms with Crippen molar-refractivity contribution in [3.8, 4) is 0 Å². The van der Waals surface area contributed by atoms with Crippen molar-refractivity contribution in [3.05, 3.63) is 114 Å². The lowest BCUT2D eigenvalue weighted by molar-refractivity contribution is -0.123. The molecule has 4 nitrogen and oxygen atoms in total. The summed E-state index contributed by atoms with van der Waals surface area (Å²) >= 11 is 0. The van der Waals surface area contributed by atoms with E-state index in [0.29, 0.717) is 6.54 Å². The molecule has 0 spiro atoms. The minimum Gasteiger partial charge on any atom is -0.344 e. The average Bonchev–Trinajstić information content (AvgIpc) is 2.85. The maximum atomic E-state index is 12.9. The minimum absolute atomic E-state index is 0.0696. The van der Waals surface area contributed by atoms with Gasteiger partial charge in [-0.3, -0.25) is 14.6 Å². The SMILES string of the molecule is O=C(CN1CCN(CC=Cc2ccccc2)CC1)NC(c1ccccc1)c1ccccc1. The molecule has 1 heterocycles. The van der Waals surface area contributed by atoms with Crippen LogP contribution >= 0.6 is 0 Å². The van der Waals surface area contributed by atoms with Gasteiger partial charge in [-0.15, -0.1) is 0 Å². The summed E-state index contributed by atoms with van der Waals surface area (Å²) in [5.41, 5.74) is 3.43. The van der Waals surface area contributed by atoms with Gasteiger partial charge in [0.25, 0.3) is 0 Å². The molecule has 0 aromatic heterocycles. The molecule has 3 aromatic carbocycles. The fourth-order valence-corrected chi connectivity index (χ4v) is 4.09. The molecule has 0 radical (unpaired) electrons. The molecule has 1 N–H and O–H groups in total. The van der Waals surface area contributed by atoms with Crippen LogP contribution in [0.4, 0.5) is 0 Å². The zero-order chi connectivity index (χ0) is 22.0. The topological polar surface area (TPSA) is 35.6 Å². The zero-order valence-electron chi connectivity index (χ0n) is 18.4. The van der Waals surface area contributed by atoms with Crippen LogP contribution in [-0.2, 0) is 4.79 Å². The second-order valence-electron chi connectivity index (χ2n) is 8.21. The van der Waals surface area contributed by atoms with Gasteiger partial charge in [-0.1, -0.05) is 103 Å². The van der Waals surface area contributed by atoms with Crippen LogP contribution in [0.5, 0.6) is 0 Å². The molecule has 0 saturated carbocycles. The smallest absolute Gasteiger partial charge is 0.234 e. The Labute approximate surface area is 191 Å². The molecule has 0 bridgehead atoms. The molecule has 1 aliphatic heterocycles. The van der Waals surface area contributed by atoms with E-state index in [4.69, 9.17) is 0 Å². The third kappa shape index (κ3) is 6.39. The monoisotopic (exact) mass is 425 g/mol. The Morgan fingerprint density at radius 3 is 1.81 bits per heavy atom. The third-order valence-corrected chi connectivity index (χ3v) is 5.88. The van der Waals surface area contributed by atoms with Crippen molar-refractivity contribution in [2.75, 3.05) is 39.3 Å². The predicted octanol–water partition coefficient (Wildman–Crippen LogP) is 4.22. The average molecular weight is 426 g/mol. The second kappa shape index (κ2) is 11.4. The Balaban J connectivity index is 1.27. The van der Waals surface area contributed by atoms with E-state index in [0.717, 1.165) is 43.9 Å². The molecule has 1 aliphatic rings. The molecular formula is C28H31N3O. The number of nitrogens with one attached hydrogen (secondary N) is 1.